The molecule has 0 saturated heterocycles. The Labute approximate surface area is 207 Å². The van der Waals surface area contributed by atoms with E-state index in [1.54, 1.807) is 12.1 Å². The van der Waals surface area contributed by atoms with Crippen LogP contribution in [0.3, 0.4) is 0 Å². The highest BCUT2D eigenvalue weighted by Gasteiger charge is 2.42. The van der Waals surface area contributed by atoms with Crippen molar-refractivity contribution < 1.29 is 28.4 Å². The van der Waals surface area contributed by atoms with E-state index >= 15 is 0 Å². The summed E-state index contributed by atoms with van der Waals surface area (Å²) in [6.07, 6.45) is 0. The Bertz CT molecular complexity index is 1020. The molecule has 0 saturated carbocycles. The number of ether oxygens (including phenoxy) is 4. The quantitative estimate of drug-likeness (QED) is 0.159. The van der Waals surface area contributed by atoms with Crippen molar-refractivity contribution in [2.24, 2.45) is 0 Å². The van der Waals surface area contributed by atoms with E-state index in [4.69, 9.17) is 18.9 Å². The lowest BCUT2D eigenvalue weighted by atomic mass is 9.82. The van der Waals surface area contributed by atoms with E-state index in [2.05, 4.69) is 50.5 Å². The molecule has 0 bridgehead atoms. The summed E-state index contributed by atoms with van der Waals surface area (Å²) < 4.78 is 24.8. The maximum atomic E-state index is 10.6. The van der Waals surface area contributed by atoms with Crippen LogP contribution in [0.25, 0.3) is 0 Å². The van der Waals surface area contributed by atoms with Crippen LogP contribution in [0.15, 0.2) is 42.5 Å². The molecule has 0 aliphatic carbocycles. The van der Waals surface area contributed by atoms with Crippen molar-refractivity contribution in [3.05, 3.63) is 69.3 Å². The van der Waals surface area contributed by atoms with Gasteiger partial charge >= 0.3 is 0 Å². The number of nitro benzene ring substituents is 1. The van der Waals surface area contributed by atoms with Crippen molar-refractivity contribution in [1.29, 1.82) is 0 Å². The minimum absolute atomic E-state index is 0.0419. The molecule has 1 heterocycles. The van der Waals surface area contributed by atoms with Gasteiger partial charge in [0, 0.05) is 30.7 Å². The van der Waals surface area contributed by atoms with E-state index in [-0.39, 0.29) is 11.1 Å². The van der Waals surface area contributed by atoms with Crippen LogP contribution in [-0.4, -0.2) is 68.0 Å². The smallest absolute Gasteiger partial charge is 0.269 e. The lowest BCUT2D eigenvalue weighted by molar-refractivity contribution is -0.443. The minimum atomic E-state index is -0.415. The third-order valence-electron chi connectivity index (χ3n) is 6.42. The van der Waals surface area contributed by atoms with E-state index in [0.717, 1.165) is 12.1 Å². The first-order chi connectivity index (χ1) is 16.8. The van der Waals surface area contributed by atoms with Crippen LogP contribution < -0.4 is 0 Å². The number of fused-ring (bicyclic) bond motifs is 1. The second-order valence-corrected chi connectivity index (χ2v) is 9.20. The molecule has 190 valence electrons. The normalized spacial score (nSPS) is 14.4. The van der Waals surface area contributed by atoms with Gasteiger partial charge in [-0.1, -0.05) is 11.6 Å². The van der Waals surface area contributed by atoms with Gasteiger partial charge in [-0.15, -0.1) is 0 Å². The standard InChI is InChI=1S/C27H37N2O6/c1-21-5-10-26-25(19-21)27(3,4)22(2)28(26)11-12-32-13-14-33-15-16-34-17-18-35-20-23-6-8-24(9-7-23)29(30)31/h5-10,19H,11-18,20H2,1-4H3/q+1. The van der Waals surface area contributed by atoms with Gasteiger partial charge in [0.05, 0.1) is 56.6 Å². The Hall–Kier alpha value is -2.65. The van der Waals surface area contributed by atoms with Gasteiger partial charge in [-0.05, 0) is 44.5 Å². The van der Waals surface area contributed by atoms with Gasteiger partial charge in [0.15, 0.2) is 12.3 Å². The van der Waals surface area contributed by atoms with Crippen LogP contribution in [0.4, 0.5) is 11.4 Å². The fourth-order valence-corrected chi connectivity index (χ4v) is 4.11. The third-order valence-corrected chi connectivity index (χ3v) is 6.42. The maximum Gasteiger partial charge on any atom is 0.269 e. The van der Waals surface area contributed by atoms with E-state index in [9.17, 15) is 10.1 Å². The summed E-state index contributed by atoms with van der Waals surface area (Å²) in [7, 11) is 0. The van der Waals surface area contributed by atoms with Crippen molar-refractivity contribution in [2.45, 2.75) is 39.7 Å². The van der Waals surface area contributed by atoms with Crippen LogP contribution in [0.2, 0.25) is 0 Å². The van der Waals surface area contributed by atoms with Gasteiger partial charge in [0.2, 0.25) is 5.69 Å². The Morgan fingerprint density at radius 1 is 0.829 bits per heavy atom. The Balaban J connectivity index is 1.19. The number of nitrogens with zero attached hydrogens (tertiary/aromatic N) is 2. The van der Waals surface area contributed by atoms with Crippen LogP contribution in [0.1, 0.15) is 37.5 Å². The molecular formula is C27H37N2O6+. The van der Waals surface area contributed by atoms with E-state index in [0.29, 0.717) is 52.9 Å². The van der Waals surface area contributed by atoms with Crippen molar-refractivity contribution in [3.63, 3.8) is 0 Å². The highest BCUT2D eigenvalue weighted by atomic mass is 16.6. The molecule has 2 aromatic carbocycles. The summed E-state index contributed by atoms with van der Waals surface area (Å²) in [5.74, 6) is 0. The molecule has 2 aromatic rings. The monoisotopic (exact) mass is 485 g/mol. The Morgan fingerprint density at radius 3 is 2.00 bits per heavy atom. The zero-order valence-electron chi connectivity index (χ0n) is 21.2. The van der Waals surface area contributed by atoms with Crippen molar-refractivity contribution in [2.75, 3.05) is 52.8 Å². The number of non-ortho nitro benzene ring substituents is 1. The van der Waals surface area contributed by atoms with Crippen LogP contribution in [0.5, 0.6) is 0 Å². The summed E-state index contributed by atoms with van der Waals surface area (Å²) in [5.41, 5.74) is 6.32. The molecule has 0 N–H and O–H groups in total. The largest absolute Gasteiger partial charge is 0.377 e. The summed E-state index contributed by atoms with van der Waals surface area (Å²) >= 11 is 0. The first kappa shape index (κ1) is 26.9. The van der Waals surface area contributed by atoms with Crippen LogP contribution in [-0.2, 0) is 31.0 Å². The van der Waals surface area contributed by atoms with Gasteiger partial charge in [-0.25, -0.2) is 0 Å². The SMILES string of the molecule is CC1=[N+](CCOCCOCCOCCOCc2ccc([N+](=O)[O-])cc2)c2ccc(C)cc2C1(C)C. The summed E-state index contributed by atoms with van der Waals surface area (Å²) in [4.78, 5) is 10.2. The number of hydrogen-bond acceptors (Lipinski definition) is 6. The third kappa shape index (κ3) is 7.41. The molecule has 1 aliphatic heterocycles. The summed E-state index contributed by atoms with van der Waals surface area (Å²) in [6, 6.07) is 13.0. The molecule has 0 spiro atoms. The fraction of sp³-hybridized carbons (Fsp3) is 0.519. The molecule has 1 aliphatic rings. The predicted octanol–water partition coefficient (Wildman–Crippen LogP) is 4.57. The fourth-order valence-electron chi connectivity index (χ4n) is 4.11. The second-order valence-electron chi connectivity index (χ2n) is 9.20. The average Bonchev–Trinajstić information content (AvgIpc) is 3.02. The molecular weight excluding hydrogens is 448 g/mol. The molecule has 0 amide bonds. The van der Waals surface area contributed by atoms with Gasteiger partial charge in [-0.3, -0.25) is 10.1 Å². The summed E-state index contributed by atoms with van der Waals surface area (Å²) in [5, 5.41) is 10.6. The molecule has 8 heteroatoms. The lowest BCUT2D eigenvalue weighted by Crippen LogP contribution is -2.27. The van der Waals surface area contributed by atoms with E-state index < -0.39 is 4.92 Å². The molecule has 0 unspecified atom stereocenters. The zero-order valence-corrected chi connectivity index (χ0v) is 21.2. The predicted molar refractivity (Wildman–Crippen MR) is 135 cm³/mol. The maximum absolute atomic E-state index is 10.6. The van der Waals surface area contributed by atoms with Gasteiger partial charge in [-0.2, -0.15) is 4.58 Å². The average molecular weight is 486 g/mol. The van der Waals surface area contributed by atoms with E-state index in [1.807, 2.05) is 0 Å². The van der Waals surface area contributed by atoms with Crippen LogP contribution in [0, 0.1) is 17.0 Å². The lowest BCUT2D eigenvalue weighted by Gasteiger charge is -2.15. The molecule has 0 atom stereocenters. The highest BCUT2D eigenvalue weighted by Crippen LogP contribution is 2.39. The number of hydrogen-bond donors (Lipinski definition) is 0. The van der Waals surface area contributed by atoms with E-state index in [1.165, 1.54) is 34.7 Å². The summed E-state index contributed by atoms with van der Waals surface area (Å²) in [6.45, 7) is 13.8. The van der Waals surface area contributed by atoms with Crippen molar-refractivity contribution >= 4 is 17.1 Å². The molecule has 0 aromatic heterocycles. The minimum Gasteiger partial charge on any atom is -0.377 e. The number of aryl methyl sites for hydroxylation is 1. The zero-order chi connectivity index (χ0) is 25.3. The van der Waals surface area contributed by atoms with Gasteiger partial charge in [0.1, 0.15) is 6.61 Å². The van der Waals surface area contributed by atoms with Crippen molar-refractivity contribution in [3.8, 4) is 0 Å². The number of nitro groups is 1. The first-order valence-corrected chi connectivity index (χ1v) is 12.1. The second kappa shape index (κ2) is 12.9. The first-order valence-electron chi connectivity index (χ1n) is 12.1. The molecule has 3 rings (SSSR count). The van der Waals surface area contributed by atoms with Gasteiger partial charge < -0.3 is 18.9 Å². The van der Waals surface area contributed by atoms with Crippen molar-refractivity contribution in [1.82, 2.24) is 0 Å². The Morgan fingerprint density at radius 2 is 1.40 bits per heavy atom. The Kier molecular flexibility index (Phi) is 9.92. The number of benzene rings is 2. The number of rotatable bonds is 15. The highest BCUT2D eigenvalue weighted by molar-refractivity contribution is 5.93. The van der Waals surface area contributed by atoms with Crippen LogP contribution >= 0.6 is 0 Å². The molecule has 35 heavy (non-hydrogen) atoms. The molecule has 8 nitrogen and oxygen atoms in total. The topological polar surface area (TPSA) is 83.1 Å². The van der Waals surface area contributed by atoms with Gasteiger partial charge in [0.25, 0.3) is 5.69 Å². The molecule has 0 radical (unpaired) electrons. The molecule has 0 fully saturated rings.